The molecule has 0 fully saturated rings. The van der Waals surface area contributed by atoms with Crippen LogP contribution < -0.4 is 5.32 Å². The van der Waals surface area contributed by atoms with Gasteiger partial charge in [0, 0.05) is 22.8 Å². The Morgan fingerprint density at radius 1 is 1.09 bits per heavy atom. The summed E-state index contributed by atoms with van der Waals surface area (Å²) in [6.45, 7) is -0.474. The zero-order chi connectivity index (χ0) is 16.8. The summed E-state index contributed by atoms with van der Waals surface area (Å²) in [5.74, 6) is -1.21. The Bertz CT molecular complexity index is 729. The first-order valence-electron chi connectivity index (χ1n) is 6.43. The normalized spacial score (nSPS) is 9.96. The summed E-state index contributed by atoms with van der Waals surface area (Å²) in [6, 6.07) is 11.3. The number of nitro benzene ring substituents is 1. The van der Waals surface area contributed by atoms with Crippen LogP contribution >= 0.6 is 11.6 Å². The third kappa shape index (κ3) is 4.79. The van der Waals surface area contributed by atoms with E-state index in [0.717, 1.165) is 0 Å². The van der Waals surface area contributed by atoms with Crippen LogP contribution in [-0.2, 0) is 9.53 Å². The van der Waals surface area contributed by atoms with E-state index in [1.807, 2.05) is 0 Å². The van der Waals surface area contributed by atoms with E-state index >= 15 is 0 Å². The van der Waals surface area contributed by atoms with Crippen LogP contribution in [0.1, 0.15) is 10.4 Å². The molecule has 2 aromatic carbocycles. The van der Waals surface area contributed by atoms with E-state index in [2.05, 4.69) is 5.32 Å². The molecule has 0 atom stereocenters. The highest BCUT2D eigenvalue weighted by Gasteiger charge is 2.11. The van der Waals surface area contributed by atoms with Gasteiger partial charge >= 0.3 is 5.97 Å². The van der Waals surface area contributed by atoms with Crippen molar-refractivity contribution >= 4 is 34.9 Å². The maximum Gasteiger partial charge on any atom is 0.338 e. The van der Waals surface area contributed by atoms with E-state index in [-0.39, 0.29) is 11.3 Å². The third-order valence-corrected chi connectivity index (χ3v) is 3.03. The number of esters is 1. The van der Waals surface area contributed by atoms with Gasteiger partial charge < -0.3 is 10.1 Å². The number of hydrogen-bond donors (Lipinski definition) is 1. The molecule has 1 amide bonds. The molecule has 1 N–H and O–H groups in total. The Balaban J connectivity index is 1.86. The summed E-state index contributed by atoms with van der Waals surface area (Å²) < 4.78 is 4.86. The Labute approximate surface area is 136 Å². The van der Waals surface area contributed by atoms with Gasteiger partial charge in [-0.3, -0.25) is 14.9 Å². The number of amides is 1. The van der Waals surface area contributed by atoms with Crippen LogP contribution in [0.2, 0.25) is 5.02 Å². The Hall–Kier alpha value is -2.93. The lowest BCUT2D eigenvalue weighted by molar-refractivity contribution is -0.384. The quantitative estimate of drug-likeness (QED) is 0.514. The second-order valence-corrected chi connectivity index (χ2v) is 4.87. The molecule has 0 heterocycles. The fraction of sp³-hybridized carbons (Fsp3) is 0.0667. The molecule has 7 nitrogen and oxygen atoms in total. The summed E-state index contributed by atoms with van der Waals surface area (Å²) in [7, 11) is 0. The van der Waals surface area contributed by atoms with Crippen molar-refractivity contribution in [1.29, 1.82) is 0 Å². The number of nitrogens with zero attached hydrogens (tertiary/aromatic N) is 1. The van der Waals surface area contributed by atoms with Gasteiger partial charge in [-0.25, -0.2) is 4.79 Å². The number of rotatable bonds is 5. The minimum atomic E-state index is -0.652. The number of carbonyl (C=O) groups excluding carboxylic acids is 2. The second-order valence-electron chi connectivity index (χ2n) is 4.44. The molecule has 0 saturated carbocycles. The predicted octanol–water partition coefficient (Wildman–Crippen LogP) is 3.04. The van der Waals surface area contributed by atoms with E-state index in [9.17, 15) is 19.7 Å². The number of halogens is 1. The largest absolute Gasteiger partial charge is 0.452 e. The molecule has 23 heavy (non-hydrogen) atoms. The van der Waals surface area contributed by atoms with Crippen LogP contribution in [0.4, 0.5) is 11.4 Å². The Morgan fingerprint density at radius 3 is 2.26 bits per heavy atom. The van der Waals surface area contributed by atoms with Crippen LogP contribution in [0.3, 0.4) is 0 Å². The van der Waals surface area contributed by atoms with E-state index in [1.165, 1.54) is 48.5 Å². The molecule has 0 saturated heterocycles. The second kappa shape index (κ2) is 7.37. The van der Waals surface area contributed by atoms with E-state index in [4.69, 9.17) is 16.3 Å². The lowest BCUT2D eigenvalue weighted by Gasteiger charge is -2.06. The van der Waals surface area contributed by atoms with E-state index in [0.29, 0.717) is 10.7 Å². The van der Waals surface area contributed by atoms with Gasteiger partial charge in [0.25, 0.3) is 11.6 Å². The SMILES string of the molecule is O=C(COC(=O)c1ccc(Cl)cc1)Nc1ccc([N+](=O)[O-])cc1. The van der Waals surface area contributed by atoms with Gasteiger partial charge in [-0.2, -0.15) is 0 Å². The lowest BCUT2D eigenvalue weighted by Crippen LogP contribution is -2.20. The third-order valence-electron chi connectivity index (χ3n) is 2.78. The molecule has 118 valence electrons. The summed E-state index contributed by atoms with van der Waals surface area (Å²) in [5.41, 5.74) is 0.554. The van der Waals surface area contributed by atoms with Crippen molar-refractivity contribution in [2.75, 3.05) is 11.9 Å². The smallest absolute Gasteiger partial charge is 0.338 e. The van der Waals surface area contributed by atoms with Crippen molar-refractivity contribution < 1.29 is 19.2 Å². The number of hydrogen-bond acceptors (Lipinski definition) is 5. The number of benzene rings is 2. The van der Waals surface area contributed by atoms with Crippen LogP contribution in [0.25, 0.3) is 0 Å². The van der Waals surface area contributed by atoms with Gasteiger partial charge in [-0.15, -0.1) is 0 Å². The standard InChI is InChI=1S/C15H11ClN2O5/c16-11-3-1-10(2-4-11)15(20)23-9-14(19)17-12-5-7-13(8-6-12)18(21)22/h1-8H,9H2,(H,17,19). The average Bonchev–Trinajstić information content (AvgIpc) is 2.54. The molecule has 2 aromatic rings. The van der Waals surface area contributed by atoms with E-state index in [1.54, 1.807) is 0 Å². The predicted molar refractivity (Wildman–Crippen MR) is 83.5 cm³/mol. The molecule has 0 aliphatic rings. The number of nitro groups is 1. The number of anilines is 1. The first-order chi connectivity index (χ1) is 11.0. The molecule has 2 rings (SSSR count). The number of ether oxygens (including phenoxy) is 1. The summed E-state index contributed by atoms with van der Waals surface area (Å²) >= 11 is 5.71. The molecule has 0 bridgehead atoms. The van der Waals surface area contributed by atoms with Crippen LogP contribution in [0.15, 0.2) is 48.5 Å². The molecule has 8 heteroatoms. The molecule has 0 radical (unpaired) electrons. The van der Waals surface area contributed by atoms with Crippen molar-refractivity contribution in [2.24, 2.45) is 0 Å². The van der Waals surface area contributed by atoms with Gasteiger partial charge in [0.2, 0.25) is 0 Å². The van der Waals surface area contributed by atoms with Crippen molar-refractivity contribution in [2.45, 2.75) is 0 Å². The van der Waals surface area contributed by atoms with Crippen molar-refractivity contribution in [1.82, 2.24) is 0 Å². The monoisotopic (exact) mass is 334 g/mol. The molecule has 0 unspecified atom stereocenters. The number of non-ortho nitro benzene ring substituents is 1. The maximum atomic E-state index is 11.7. The Morgan fingerprint density at radius 2 is 1.70 bits per heavy atom. The minimum Gasteiger partial charge on any atom is -0.452 e. The highest BCUT2D eigenvalue weighted by Crippen LogP contribution is 2.15. The fourth-order valence-corrected chi connectivity index (χ4v) is 1.79. The number of carbonyl (C=O) groups is 2. The first kappa shape index (κ1) is 16.4. The molecule has 0 aromatic heterocycles. The Kier molecular flexibility index (Phi) is 5.27. The maximum absolute atomic E-state index is 11.7. The average molecular weight is 335 g/mol. The first-order valence-corrected chi connectivity index (χ1v) is 6.80. The molecular formula is C15H11ClN2O5. The summed E-state index contributed by atoms with van der Waals surface area (Å²) in [6.07, 6.45) is 0. The van der Waals surface area contributed by atoms with Crippen molar-refractivity contribution in [3.05, 3.63) is 69.2 Å². The minimum absolute atomic E-state index is 0.0860. The topological polar surface area (TPSA) is 98.5 Å². The van der Waals surface area contributed by atoms with Gasteiger partial charge in [0.05, 0.1) is 10.5 Å². The van der Waals surface area contributed by atoms with Gasteiger partial charge in [-0.1, -0.05) is 11.6 Å². The molecule has 0 spiro atoms. The fourth-order valence-electron chi connectivity index (χ4n) is 1.66. The zero-order valence-electron chi connectivity index (χ0n) is 11.7. The van der Waals surface area contributed by atoms with Crippen molar-refractivity contribution in [3.8, 4) is 0 Å². The van der Waals surface area contributed by atoms with Crippen LogP contribution in [0, 0.1) is 10.1 Å². The van der Waals surface area contributed by atoms with Gasteiger partial charge in [-0.05, 0) is 36.4 Å². The molecule has 0 aliphatic carbocycles. The van der Waals surface area contributed by atoms with Gasteiger partial charge in [0.15, 0.2) is 6.61 Å². The number of nitrogens with one attached hydrogen (secondary N) is 1. The molecule has 0 aliphatic heterocycles. The highest BCUT2D eigenvalue weighted by molar-refractivity contribution is 6.30. The van der Waals surface area contributed by atoms with Gasteiger partial charge in [0.1, 0.15) is 0 Å². The lowest BCUT2D eigenvalue weighted by atomic mass is 10.2. The van der Waals surface area contributed by atoms with Crippen molar-refractivity contribution in [3.63, 3.8) is 0 Å². The summed E-state index contributed by atoms with van der Waals surface area (Å²) in [5, 5.41) is 13.5. The molecular weight excluding hydrogens is 324 g/mol. The van der Waals surface area contributed by atoms with E-state index < -0.39 is 23.4 Å². The van der Waals surface area contributed by atoms with Crippen LogP contribution in [-0.4, -0.2) is 23.4 Å². The highest BCUT2D eigenvalue weighted by atomic mass is 35.5. The summed E-state index contributed by atoms with van der Waals surface area (Å²) in [4.78, 5) is 33.4. The van der Waals surface area contributed by atoms with Crippen LogP contribution in [0.5, 0.6) is 0 Å². The zero-order valence-corrected chi connectivity index (χ0v) is 12.4.